The Kier molecular flexibility index (Phi) is 5.49. The van der Waals surface area contributed by atoms with Gasteiger partial charge in [0.05, 0.1) is 0 Å². The van der Waals surface area contributed by atoms with Crippen LogP contribution in [0.3, 0.4) is 0 Å². The molecular weight excluding hydrogens is 383 g/mol. The van der Waals surface area contributed by atoms with Gasteiger partial charge in [0.1, 0.15) is 5.82 Å². The van der Waals surface area contributed by atoms with Crippen molar-refractivity contribution in [1.82, 2.24) is 9.88 Å². The van der Waals surface area contributed by atoms with Crippen molar-refractivity contribution in [2.24, 2.45) is 0 Å². The summed E-state index contributed by atoms with van der Waals surface area (Å²) in [5.41, 5.74) is 5.11. The Bertz CT molecular complexity index is 1140. The second-order valence-corrected chi connectivity index (χ2v) is 8.27. The van der Waals surface area contributed by atoms with Gasteiger partial charge in [0.15, 0.2) is 0 Å². The third kappa shape index (κ3) is 4.10. The Morgan fingerprint density at radius 2 is 1.90 bits per heavy atom. The number of nitrogens with zero attached hydrogens (tertiary/aromatic N) is 1. The van der Waals surface area contributed by atoms with Crippen molar-refractivity contribution < 1.29 is 9.18 Å². The minimum Gasteiger partial charge on any atom is -0.352 e. The van der Waals surface area contributed by atoms with Gasteiger partial charge >= 0.3 is 0 Å². The van der Waals surface area contributed by atoms with E-state index in [0.717, 1.165) is 34.1 Å². The van der Waals surface area contributed by atoms with E-state index in [-0.39, 0.29) is 11.7 Å². The summed E-state index contributed by atoms with van der Waals surface area (Å²) in [4.78, 5) is 13.9. The molecule has 0 fully saturated rings. The van der Waals surface area contributed by atoms with Gasteiger partial charge < -0.3 is 9.88 Å². The fraction of sp³-hybridized carbons (Fsp3) is 0.208. The van der Waals surface area contributed by atoms with Gasteiger partial charge in [-0.25, -0.2) is 4.39 Å². The van der Waals surface area contributed by atoms with Crippen molar-refractivity contribution in [3.8, 4) is 0 Å². The Hall–Kier alpha value is -2.92. The summed E-state index contributed by atoms with van der Waals surface area (Å²) in [7, 11) is 0. The molecule has 4 aromatic rings. The number of hydrogen-bond acceptors (Lipinski definition) is 2. The van der Waals surface area contributed by atoms with E-state index in [2.05, 4.69) is 29.8 Å². The topological polar surface area (TPSA) is 34.0 Å². The summed E-state index contributed by atoms with van der Waals surface area (Å²) < 4.78 is 15.4. The Morgan fingerprint density at radius 3 is 2.62 bits per heavy atom. The highest BCUT2D eigenvalue weighted by Gasteiger charge is 2.14. The highest BCUT2D eigenvalue weighted by atomic mass is 32.1. The normalized spacial score (nSPS) is 11.1. The van der Waals surface area contributed by atoms with Crippen LogP contribution in [0.2, 0.25) is 0 Å². The van der Waals surface area contributed by atoms with Crippen molar-refractivity contribution in [3.05, 3.63) is 93.1 Å². The Balaban J connectivity index is 1.55. The second-order valence-electron chi connectivity index (χ2n) is 7.24. The molecule has 3 nitrogen and oxygen atoms in total. The van der Waals surface area contributed by atoms with Crippen LogP contribution in [0.1, 0.15) is 32.1 Å². The third-order valence-corrected chi connectivity index (χ3v) is 6.33. The predicted octanol–water partition coefficient (Wildman–Crippen LogP) is 5.48. The largest absolute Gasteiger partial charge is 0.352 e. The molecule has 0 saturated heterocycles. The van der Waals surface area contributed by atoms with Gasteiger partial charge in [-0.3, -0.25) is 4.79 Å². The van der Waals surface area contributed by atoms with Gasteiger partial charge in [0.25, 0.3) is 5.91 Å². The van der Waals surface area contributed by atoms with Crippen molar-refractivity contribution >= 4 is 28.1 Å². The molecule has 0 aliphatic rings. The number of aromatic nitrogens is 1. The lowest BCUT2D eigenvalue weighted by molar-refractivity contribution is 0.0954. The van der Waals surface area contributed by atoms with Gasteiger partial charge in [0.2, 0.25) is 0 Å². The lowest BCUT2D eigenvalue weighted by atomic mass is 10.1. The maximum Gasteiger partial charge on any atom is 0.251 e. The molecule has 2 aromatic carbocycles. The number of hydrogen-bond donors (Lipinski definition) is 1. The Labute approximate surface area is 173 Å². The van der Waals surface area contributed by atoms with Crippen LogP contribution in [0, 0.1) is 19.7 Å². The second kappa shape index (κ2) is 8.21. The van der Waals surface area contributed by atoms with Crippen LogP contribution in [0.15, 0.2) is 60.0 Å². The number of halogens is 1. The van der Waals surface area contributed by atoms with Crippen LogP contribution >= 0.6 is 11.3 Å². The van der Waals surface area contributed by atoms with Crippen LogP contribution in [-0.4, -0.2) is 17.0 Å². The molecule has 1 amide bonds. The summed E-state index contributed by atoms with van der Waals surface area (Å²) in [6.07, 6.45) is 0.845. The van der Waals surface area contributed by atoms with Crippen molar-refractivity contribution in [1.29, 1.82) is 0 Å². The molecule has 29 heavy (non-hydrogen) atoms. The molecular formula is C24H23FN2OS. The number of benzene rings is 2. The molecule has 4 rings (SSSR count). The van der Waals surface area contributed by atoms with Crippen LogP contribution in [0.25, 0.3) is 10.9 Å². The summed E-state index contributed by atoms with van der Waals surface area (Å²) in [5.74, 6) is -0.277. The smallest absolute Gasteiger partial charge is 0.251 e. The number of carbonyl (C=O) groups is 1. The molecule has 0 spiro atoms. The van der Waals surface area contributed by atoms with Gasteiger partial charge in [-0.2, -0.15) is 0 Å². The minimum atomic E-state index is -0.228. The average Bonchev–Trinajstić information content (AvgIpc) is 3.32. The number of rotatable bonds is 6. The van der Waals surface area contributed by atoms with Crippen molar-refractivity contribution in [3.63, 3.8) is 0 Å². The highest BCUT2D eigenvalue weighted by molar-refractivity contribution is 7.09. The number of nitrogens with one attached hydrogen (secondary N) is 1. The molecule has 0 saturated carbocycles. The van der Waals surface area contributed by atoms with E-state index in [0.29, 0.717) is 18.7 Å². The lowest BCUT2D eigenvalue weighted by Crippen LogP contribution is -2.25. The summed E-state index contributed by atoms with van der Waals surface area (Å²) >= 11 is 1.71. The molecule has 0 aliphatic heterocycles. The maximum absolute atomic E-state index is 13.2. The average molecular weight is 407 g/mol. The van der Waals surface area contributed by atoms with Gasteiger partial charge in [0, 0.05) is 40.1 Å². The fourth-order valence-electron chi connectivity index (χ4n) is 3.62. The van der Waals surface area contributed by atoms with E-state index in [1.54, 1.807) is 11.3 Å². The predicted molar refractivity (Wildman–Crippen MR) is 117 cm³/mol. The van der Waals surface area contributed by atoms with E-state index in [9.17, 15) is 9.18 Å². The molecule has 0 atom stereocenters. The first-order chi connectivity index (χ1) is 14.0. The first-order valence-electron chi connectivity index (χ1n) is 9.67. The molecule has 1 N–H and O–H groups in total. The quantitative estimate of drug-likeness (QED) is 0.452. The number of carbonyl (C=O) groups excluding carboxylic acids is 1. The number of aryl methyl sites for hydroxylation is 1. The molecule has 2 heterocycles. The molecule has 0 radical (unpaired) electrons. The van der Waals surface area contributed by atoms with Gasteiger partial charge in [-0.1, -0.05) is 18.2 Å². The van der Waals surface area contributed by atoms with Crippen LogP contribution in [0.5, 0.6) is 0 Å². The van der Waals surface area contributed by atoms with E-state index in [1.807, 2.05) is 41.8 Å². The minimum absolute atomic E-state index is 0.0493. The van der Waals surface area contributed by atoms with E-state index in [4.69, 9.17) is 0 Å². The van der Waals surface area contributed by atoms with Crippen molar-refractivity contribution in [2.45, 2.75) is 26.8 Å². The monoisotopic (exact) mass is 406 g/mol. The van der Waals surface area contributed by atoms with Gasteiger partial charge in [-0.05, 0) is 73.2 Å². The number of fused-ring (bicyclic) bond motifs is 1. The molecule has 0 aliphatic carbocycles. The summed E-state index contributed by atoms with van der Waals surface area (Å²) in [5, 5.41) is 6.14. The standard InChI is InChI=1S/C24H23FN2OS/c1-16-17(2)27(15-18-5-8-20(25)9-6-18)23-10-7-19(14-22(16)23)24(28)26-12-11-21-4-3-13-29-21/h3-10,13-14H,11-12,15H2,1-2H3,(H,26,28). The SMILES string of the molecule is Cc1c(C)n(Cc2ccc(F)cc2)c2ccc(C(=O)NCCc3cccs3)cc12. The maximum atomic E-state index is 13.2. The fourth-order valence-corrected chi connectivity index (χ4v) is 4.33. The van der Waals surface area contributed by atoms with Crippen LogP contribution < -0.4 is 5.32 Å². The zero-order chi connectivity index (χ0) is 20.4. The van der Waals surface area contributed by atoms with E-state index < -0.39 is 0 Å². The van der Waals surface area contributed by atoms with Crippen molar-refractivity contribution in [2.75, 3.05) is 6.54 Å². The molecule has 5 heteroatoms. The number of amides is 1. The molecule has 0 bridgehead atoms. The first kappa shape index (κ1) is 19.4. The van der Waals surface area contributed by atoms with Gasteiger partial charge in [-0.15, -0.1) is 11.3 Å². The third-order valence-electron chi connectivity index (χ3n) is 5.39. The zero-order valence-corrected chi connectivity index (χ0v) is 17.4. The van der Waals surface area contributed by atoms with Crippen LogP contribution in [0.4, 0.5) is 4.39 Å². The lowest BCUT2D eigenvalue weighted by Gasteiger charge is -2.09. The van der Waals surface area contributed by atoms with Crippen LogP contribution in [-0.2, 0) is 13.0 Å². The molecule has 148 valence electrons. The first-order valence-corrected chi connectivity index (χ1v) is 10.6. The molecule has 2 aromatic heterocycles. The highest BCUT2D eigenvalue weighted by Crippen LogP contribution is 2.27. The Morgan fingerprint density at radius 1 is 1.10 bits per heavy atom. The van der Waals surface area contributed by atoms with E-state index >= 15 is 0 Å². The summed E-state index contributed by atoms with van der Waals surface area (Å²) in [6, 6.07) is 16.6. The van der Waals surface area contributed by atoms with E-state index in [1.165, 1.54) is 17.0 Å². The summed E-state index contributed by atoms with van der Waals surface area (Å²) in [6.45, 7) is 5.46. The number of thiophene rings is 1. The zero-order valence-electron chi connectivity index (χ0n) is 16.5. The molecule has 0 unspecified atom stereocenters.